The minimum Gasteiger partial charge on any atom is -0.477 e. The van der Waals surface area contributed by atoms with Crippen LogP contribution in [0.2, 0.25) is 0 Å². The van der Waals surface area contributed by atoms with Crippen molar-refractivity contribution < 1.29 is 18.3 Å². The summed E-state index contributed by atoms with van der Waals surface area (Å²) >= 11 is 0.917. The maximum absolute atomic E-state index is 12.0. The Labute approximate surface area is 122 Å². The van der Waals surface area contributed by atoms with Gasteiger partial charge in [0.15, 0.2) is 0 Å². The molecule has 112 valence electrons. The van der Waals surface area contributed by atoms with Crippen molar-refractivity contribution in [2.24, 2.45) is 0 Å². The van der Waals surface area contributed by atoms with Gasteiger partial charge >= 0.3 is 5.97 Å². The first-order chi connectivity index (χ1) is 9.50. The maximum atomic E-state index is 12.0. The quantitative estimate of drug-likeness (QED) is 0.738. The summed E-state index contributed by atoms with van der Waals surface area (Å²) in [6, 6.07) is 1.33. The lowest BCUT2D eigenvalue weighted by atomic mass is 10.4. The summed E-state index contributed by atoms with van der Waals surface area (Å²) in [5.74, 6) is -1.21. The van der Waals surface area contributed by atoms with Crippen LogP contribution in [0.25, 0.3) is 0 Å². The number of rotatable bonds is 7. The van der Waals surface area contributed by atoms with Crippen LogP contribution >= 0.6 is 11.3 Å². The van der Waals surface area contributed by atoms with Crippen LogP contribution in [0.4, 0.5) is 0 Å². The zero-order chi connectivity index (χ0) is 14.6. The molecule has 1 fully saturated rings. The van der Waals surface area contributed by atoms with Gasteiger partial charge in [0, 0.05) is 6.54 Å². The van der Waals surface area contributed by atoms with Crippen molar-refractivity contribution in [2.45, 2.75) is 24.2 Å². The highest BCUT2D eigenvalue weighted by Gasteiger charge is 2.23. The third-order valence-corrected chi connectivity index (χ3v) is 5.79. The summed E-state index contributed by atoms with van der Waals surface area (Å²) < 4.78 is 26.5. The Hall–Kier alpha value is -0.960. The van der Waals surface area contributed by atoms with Gasteiger partial charge in [0.25, 0.3) is 0 Å². The Bertz CT molecular complexity index is 562. The van der Waals surface area contributed by atoms with Crippen LogP contribution in [0.1, 0.15) is 28.9 Å². The Morgan fingerprint density at radius 3 is 2.75 bits per heavy atom. The first-order valence-corrected chi connectivity index (χ1v) is 8.90. The normalized spacial score (nSPS) is 16.6. The van der Waals surface area contributed by atoms with E-state index >= 15 is 0 Å². The number of thiophene rings is 1. The molecule has 20 heavy (non-hydrogen) atoms. The molecule has 2 heterocycles. The van der Waals surface area contributed by atoms with Gasteiger partial charge in [-0.2, -0.15) is 0 Å². The number of carboxylic acids is 1. The van der Waals surface area contributed by atoms with Crippen LogP contribution in [0.3, 0.4) is 0 Å². The number of hydrogen-bond donors (Lipinski definition) is 2. The average Bonchev–Trinajstić information content (AvgIpc) is 3.05. The minimum absolute atomic E-state index is 0.142. The first-order valence-electron chi connectivity index (χ1n) is 6.53. The van der Waals surface area contributed by atoms with Crippen LogP contribution in [0.5, 0.6) is 0 Å². The van der Waals surface area contributed by atoms with E-state index in [0.29, 0.717) is 6.54 Å². The predicted octanol–water partition coefficient (Wildman–Crippen LogP) is 1.21. The molecule has 1 saturated heterocycles. The van der Waals surface area contributed by atoms with Crippen molar-refractivity contribution in [3.05, 3.63) is 16.3 Å². The van der Waals surface area contributed by atoms with Crippen molar-refractivity contribution in [1.29, 1.82) is 0 Å². The third-order valence-electron chi connectivity index (χ3n) is 3.25. The van der Waals surface area contributed by atoms with Gasteiger partial charge < -0.3 is 10.0 Å². The highest BCUT2D eigenvalue weighted by atomic mass is 32.2. The van der Waals surface area contributed by atoms with E-state index in [1.165, 1.54) is 24.3 Å². The molecule has 0 bridgehead atoms. The van der Waals surface area contributed by atoms with Gasteiger partial charge in [-0.15, -0.1) is 11.3 Å². The number of carboxylic acid groups (broad SMARTS) is 1. The molecule has 8 heteroatoms. The van der Waals surface area contributed by atoms with Gasteiger partial charge in [-0.05, 0) is 50.3 Å². The highest BCUT2D eigenvalue weighted by Crippen LogP contribution is 2.21. The lowest BCUT2D eigenvalue weighted by molar-refractivity contribution is 0.0698. The first kappa shape index (κ1) is 15.4. The van der Waals surface area contributed by atoms with Gasteiger partial charge in [-0.3, -0.25) is 0 Å². The van der Waals surface area contributed by atoms with E-state index < -0.39 is 16.0 Å². The van der Waals surface area contributed by atoms with Gasteiger partial charge in [0.1, 0.15) is 9.77 Å². The number of hydrogen-bond acceptors (Lipinski definition) is 5. The predicted molar refractivity (Wildman–Crippen MR) is 76.8 cm³/mol. The molecular weight excluding hydrogens is 300 g/mol. The van der Waals surface area contributed by atoms with Crippen molar-refractivity contribution in [1.82, 2.24) is 9.62 Å². The summed E-state index contributed by atoms with van der Waals surface area (Å²) in [5, 5.41) is 10.4. The molecule has 0 aliphatic carbocycles. The lowest BCUT2D eigenvalue weighted by Crippen LogP contribution is -2.29. The third kappa shape index (κ3) is 3.78. The van der Waals surface area contributed by atoms with Gasteiger partial charge in [-0.1, -0.05) is 0 Å². The van der Waals surface area contributed by atoms with Gasteiger partial charge in [0.2, 0.25) is 10.0 Å². The molecule has 0 atom stereocenters. The molecule has 0 radical (unpaired) electrons. The van der Waals surface area contributed by atoms with Gasteiger partial charge in [-0.25, -0.2) is 17.9 Å². The van der Waals surface area contributed by atoms with E-state index in [0.717, 1.165) is 37.4 Å². The molecule has 2 N–H and O–H groups in total. The SMILES string of the molecule is O=C(O)c1sccc1S(=O)(=O)NCCCN1CCCC1. The average molecular weight is 318 g/mol. The smallest absolute Gasteiger partial charge is 0.347 e. The molecule has 2 rings (SSSR count). The second-order valence-electron chi connectivity index (χ2n) is 4.72. The van der Waals surface area contributed by atoms with Crippen molar-refractivity contribution in [3.8, 4) is 0 Å². The molecule has 1 aromatic rings. The Morgan fingerprint density at radius 2 is 2.10 bits per heavy atom. The molecule has 0 saturated carbocycles. The molecule has 0 unspecified atom stereocenters. The van der Waals surface area contributed by atoms with Gasteiger partial charge in [0.05, 0.1) is 0 Å². The van der Waals surface area contributed by atoms with E-state index in [2.05, 4.69) is 9.62 Å². The summed E-state index contributed by atoms with van der Waals surface area (Å²) in [5.41, 5.74) is 0. The summed E-state index contributed by atoms with van der Waals surface area (Å²) in [4.78, 5) is 13.0. The fourth-order valence-electron chi connectivity index (χ4n) is 2.26. The Kier molecular flexibility index (Phi) is 5.14. The van der Waals surface area contributed by atoms with E-state index in [1.807, 2.05) is 0 Å². The summed E-state index contributed by atoms with van der Waals surface area (Å²) in [7, 11) is -3.73. The topological polar surface area (TPSA) is 86.7 Å². The largest absolute Gasteiger partial charge is 0.477 e. The zero-order valence-corrected chi connectivity index (χ0v) is 12.7. The Morgan fingerprint density at radius 1 is 1.40 bits per heavy atom. The van der Waals surface area contributed by atoms with Crippen LogP contribution in [-0.2, 0) is 10.0 Å². The highest BCUT2D eigenvalue weighted by molar-refractivity contribution is 7.89. The molecular formula is C12H18N2O4S2. The molecule has 0 amide bonds. The van der Waals surface area contributed by atoms with Crippen LogP contribution in [-0.4, -0.2) is 50.6 Å². The number of aromatic carboxylic acids is 1. The lowest BCUT2D eigenvalue weighted by Gasteiger charge is -2.14. The molecule has 1 aromatic heterocycles. The van der Waals surface area contributed by atoms with E-state index in [9.17, 15) is 13.2 Å². The minimum atomic E-state index is -3.73. The number of sulfonamides is 1. The molecule has 1 aliphatic rings. The van der Waals surface area contributed by atoms with Crippen LogP contribution in [0.15, 0.2) is 16.3 Å². The van der Waals surface area contributed by atoms with Crippen molar-refractivity contribution in [2.75, 3.05) is 26.2 Å². The molecule has 1 aliphatic heterocycles. The fraction of sp³-hybridized carbons (Fsp3) is 0.583. The molecule has 6 nitrogen and oxygen atoms in total. The number of nitrogens with one attached hydrogen (secondary N) is 1. The zero-order valence-electron chi connectivity index (χ0n) is 11.0. The summed E-state index contributed by atoms with van der Waals surface area (Å²) in [6.07, 6.45) is 3.15. The number of nitrogens with zero attached hydrogens (tertiary/aromatic N) is 1. The van der Waals surface area contributed by atoms with E-state index in [1.54, 1.807) is 0 Å². The summed E-state index contributed by atoms with van der Waals surface area (Å²) in [6.45, 7) is 3.37. The monoisotopic (exact) mass is 318 g/mol. The van der Waals surface area contributed by atoms with E-state index in [-0.39, 0.29) is 9.77 Å². The number of likely N-dealkylation sites (tertiary alicyclic amines) is 1. The second-order valence-corrected chi connectivity index (χ2v) is 7.37. The van der Waals surface area contributed by atoms with Crippen LogP contribution in [0, 0.1) is 0 Å². The second kappa shape index (κ2) is 6.66. The molecule has 0 aromatic carbocycles. The van der Waals surface area contributed by atoms with Crippen LogP contribution < -0.4 is 4.72 Å². The fourth-order valence-corrected chi connectivity index (χ4v) is 4.59. The number of carbonyl (C=O) groups is 1. The Balaban J connectivity index is 1.87. The maximum Gasteiger partial charge on any atom is 0.347 e. The van der Waals surface area contributed by atoms with Crippen molar-refractivity contribution >= 4 is 27.3 Å². The molecule has 0 spiro atoms. The standard InChI is InChI=1S/C12H18N2O4S2/c15-12(16)11-10(4-9-19-11)20(17,18)13-5-3-8-14-6-1-2-7-14/h4,9,13H,1-3,5-8H2,(H,15,16). The van der Waals surface area contributed by atoms with E-state index in [4.69, 9.17) is 5.11 Å². The van der Waals surface area contributed by atoms with Crippen molar-refractivity contribution in [3.63, 3.8) is 0 Å².